The number of carboxylic acid groups (broad SMARTS) is 1. The van der Waals surface area contributed by atoms with E-state index in [1.165, 1.54) is 0 Å². The molecule has 21 heavy (non-hydrogen) atoms. The van der Waals surface area contributed by atoms with Crippen LogP contribution >= 0.6 is 0 Å². The van der Waals surface area contributed by atoms with Crippen LogP contribution in [0.5, 0.6) is 0 Å². The van der Waals surface area contributed by atoms with E-state index >= 15 is 0 Å². The van der Waals surface area contributed by atoms with Crippen molar-refractivity contribution < 1.29 is 29.0 Å². The number of esters is 2. The fourth-order valence-electron chi connectivity index (χ4n) is 3.15. The first-order valence-corrected chi connectivity index (χ1v) is 7.10. The second-order valence-electron chi connectivity index (χ2n) is 6.61. The van der Waals surface area contributed by atoms with Crippen LogP contribution < -0.4 is 5.32 Å². The molecule has 2 rings (SSSR count). The number of carboxylic acids is 1. The second kappa shape index (κ2) is 5.29. The Kier molecular flexibility index (Phi) is 3.97. The summed E-state index contributed by atoms with van der Waals surface area (Å²) in [5, 5.41) is 11.7. The number of fused-ring (bicyclic) bond motifs is 1. The first-order chi connectivity index (χ1) is 9.66. The second-order valence-corrected chi connectivity index (χ2v) is 6.61. The molecule has 3 atom stereocenters. The predicted octanol–water partition coefficient (Wildman–Crippen LogP) is 0.672. The summed E-state index contributed by atoms with van der Waals surface area (Å²) in [6.45, 7) is 5.63. The van der Waals surface area contributed by atoms with Crippen molar-refractivity contribution in [3.8, 4) is 0 Å². The normalized spacial score (nSPS) is 31.6. The van der Waals surface area contributed by atoms with Gasteiger partial charge in [-0.1, -0.05) is 6.42 Å². The molecule has 2 fully saturated rings. The largest absolute Gasteiger partial charge is 0.473 e. The summed E-state index contributed by atoms with van der Waals surface area (Å²) in [6, 6.07) is 0. The summed E-state index contributed by atoms with van der Waals surface area (Å²) in [6.07, 6.45) is 2.54. The van der Waals surface area contributed by atoms with Crippen LogP contribution in [-0.4, -0.2) is 40.9 Å². The number of hydrogen-bond donors (Lipinski definition) is 2. The minimum atomic E-state index is -1.72. The van der Waals surface area contributed by atoms with Crippen LogP contribution in [0.3, 0.4) is 0 Å². The first-order valence-electron chi connectivity index (χ1n) is 7.10. The Hall–Kier alpha value is -1.63. The lowest BCUT2D eigenvalue weighted by atomic mass is 9.90. The van der Waals surface area contributed by atoms with Gasteiger partial charge in [-0.15, -0.1) is 0 Å². The van der Waals surface area contributed by atoms with E-state index in [0.29, 0.717) is 13.0 Å². The third-order valence-electron chi connectivity index (χ3n) is 3.94. The van der Waals surface area contributed by atoms with Crippen LogP contribution in [0.1, 0.15) is 40.0 Å². The van der Waals surface area contributed by atoms with Gasteiger partial charge in [0.05, 0.1) is 0 Å². The monoisotopic (exact) mass is 299 g/mol. The average Bonchev–Trinajstić information content (AvgIpc) is 2.90. The van der Waals surface area contributed by atoms with Gasteiger partial charge in [-0.05, 0) is 39.5 Å². The van der Waals surface area contributed by atoms with Crippen LogP contribution in [0.2, 0.25) is 0 Å². The van der Waals surface area contributed by atoms with Gasteiger partial charge in [0.15, 0.2) is 0 Å². The molecule has 3 unspecified atom stereocenters. The molecule has 0 radical (unpaired) electrons. The smallest absolute Gasteiger partial charge is 0.419 e. The average molecular weight is 299 g/mol. The highest BCUT2D eigenvalue weighted by molar-refractivity contribution is 6.29. The van der Waals surface area contributed by atoms with Gasteiger partial charge in [0, 0.05) is 12.5 Å². The summed E-state index contributed by atoms with van der Waals surface area (Å²) in [5.41, 5.74) is -2.43. The van der Waals surface area contributed by atoms with Gasteiger partial charge in [0.25, 0.3) is 5.72 Å². The number of carbonyl (C=O) groups is 3. The number of rotatable bonds is 2. The van der Waals surface area contributed by atoms with Gasteiger partial charge < -0.3 is 14.6 Å². The minimum absolute atomic E-state index is 0.194. The molecule has 7 nitrogen and oxygen atoms in total. The number of hydrogen-bond acceptors (Lipinski definition) is 6. The van der Waals surface area contributed by atoms with E-state index in [2.05, 4.69) is 5.32 Å². The maximum absolute atomic E-state index is 12.5. The van der Waals surface area contributed by atoms with E-state index in [0.717, 1.165) is 12.8 Å². The first kappa shape index (κ1) is 15.8. The van der Waals surface area contributed by atoms with Gasteiger partial charge in [-0.3, -0.25) is 5.32 Å². The molecule has 0 aromatic heterocycles. The van der Waals surface area contributed by atoms with E-state index in [4.69, 9.17) is 14.6 Å². The Morgan fingerprint density at radius 1 is 1.24 bits per heavy atom. The van der Waals surface area contributed by atoms with Crippen LogP contribution in [0, 0.1) is 11.8 Å². The summed E-state index contributed by atoms with van der Waals surface area (Å²) in [4.78, 5) is 34.8. The molecule has 1 aliphatic carbocycles. The van der Waals surface area contributed by atoms with E-state index in [9.17, 15) is 14.4 Å². The van der Waals surface area contributed by atoms with Crippen LogP contribution in [0.4, 0.5) is 0 Å². The zero-order chi connectivity index (χ0) is 15.8. The molecule has 2 aliphatic rings. The molecule has 1 saturated heterocycles. The predicted molar refractivity (Wildman–Crippen MR) is 71.1 cm³/mol. The van der Waals surface area contributed by atoms with Crippen molar-refractivity contribution in [2.45, 2.75) is 51.4 Å². The van der Waals surface area contributed by atoms with E-state index in [1.54, 1.807) is 20.8 Å². The Balaban J connectivity index is 2.28. The van der Waals surface area contributed by atoms with Gasteiger partial charge >= 0.3 is 17.9 Å². The standard InChI is InChI=1S/C14H21NO6/c1-13(2,3)21-12(19)14(20-11(18)10(16)17)9-6-4-5-8(9)7-15-14/h8-9,15H,4-7H2,1-3H3,(H,16,17). The molecule has 0 spiro atoms. The van der Waals surface area contributed by atoms with Crippen LogP contribution in [0.25, 0.3) is 0 Å². The van der Waals surface area contributed by atoms with Crippen molar-refractivity contribution in [1.29, 1.82) is 0 Å². The Morgan fingerprint density at radius 2 is 1.90 bits per heavy atom. The number of aliphatic carboxylic acids is 1. The van der Waals surface area contributed by atoms with Crippen molar-refractivity contribution in [2.75, 3.05) is 6.54 Å². The van der Waals surface area contributed by atoms with Gasteiger partial charge in [0.1, 0.15) is 5.60 Å². The van der Waals surface area contributed by atoms with Crippen molar-refractivity contribution in [3.63, 3.8) is 0 Å². The van der Waals surface area contributed by atoms with E-state index in [1.807, 2.05) is 0 Å². The highest BCUT2D eigenvalue weighted by Crippen LogP contribution is 2.45. The van der Waals surface area contributed by atoms with Gasteiger partial charge in [-0.25, -0.2) is 14.4 Å². The SMILES string of the molecule is CC(C)(C)OC(=O)C1(OC(=O)C(=O)O)NCC2CCCC21. The highest BCUT2D eigenvalue weighted by Gasteiger charge is 2.60. The van der Waals surface area contributed by atoms with Crippen LogP contribution in [0.15, 0.2) is 0 Å². The molecule has 118 valence electrons. The van der Waals surface area contributed by atoms with E-state index < -0.39 is 29.2 Å². The quantitative estimate of drug-likeness (QED) is 0.570. The molecule has 1 aliphatic heterocycles. The number of ether oxygens (including phenoxy) is 2. The topological polar surface area (TPSA) is 102 Å². The third-order valence-corrected chi connectivity index (χ3v) is 3.94. The Bertz CT molecular complexity index is 469. The molecule has 0 amide bonds. The van der Waals surface area contributed by atoms with E-state index in [-0.39, 0.29) is 11.8 Å². The zero-order valence-electron chi connectivity index (χ0n) is 12.5. The molecule has 0 aromatic rings. The molecule has 7 heteroatoms. The minimum Gasteiger partial charge on any atom is -0.473 e. The maximum atomic E-state index is 12.5. The fraction of sp³-hybridized carbons (Fsp3) is 0.786. The highest BCUT2D eigenvalue weighted by atomic mass is 16.6. The lowest BCUT2D eigenvalue weighted by Crippen LogP contribution is -2.58. The molecule has 2 N–H and O–H groups in total. The molecular weight excluding hydrogens is 278 g/mol. The third kappa shape index (κ3) is 3.02. The summed E-state index contributed by atoms with van der Waals surface area (Å²) in [7, 11) is 0. The number of nitrogens with one attached hydrogen (secondary N) is 1. The fourth-order valence-corrected chi connectivity index (χ4v) is 3.15. The summed E-state index contributed by atoms with van der Waals surface area (Å²) >= 11 is 0. The molecule has 0 bridgehead atoms. The van der Waals surface area contributed by atoms with Crippen molar-refractivity contribution in [2.24, 2.45) is 11.8 Å². The maximum Gasteiger partial charge on any atom is 0.419 e. The van der Waals surface area contributed by atoms with Crippen molar-refractivity contribution >= 4 is 17.9 Å². The molecule has 0 aromatic carbocycles. The molecular formula is C14H21NO6. The Morgan fingerprint density at radius 3 is 2.48 bits per heavy atom. The zero-order valence-corrected chi connectivity index (χ0v) is 12.5. The lowest BCUT2D eigenvalue weighted by molar-refractivity contribution is -0.202. The number of carbonyl (C=O) groups excluding carboxylic acids is 2. The summed E-state index contributed by atoms with van der Waals surface area (Å²) in [5.74, 6) is -3.93. The van der Waals surface area contributed by atoms with Crippen molar-refractivity contribution in [1.82, 2.24) is 5.32 Å². The van der Waals surface area contributed by atoms with Gasteiger partial charge in [0.2, 0.25) is 0 Å². The summed E-state index contributed by atoms with van der Waals surface area (Å²) < 4.78 is 10.4. The van der Waals surface area contributed by atoms with Crippen molar-refractivity contribution in [3.05, 3.63) is 0 Å². The Labute approximate surface area is 123 Å². The lowest BCUT2D eigenvalue weighted by Gasteiger charge is -2.34. The van der Waals surface area contributed by atoms with Gasteiger partial charge in [-0.2, -0.15) is 0 Å². The van der Waals surface area contributed by atoms with Crippen LogP contribution in [-0.2, 0) is 23.9 Å². The molecule has 1 heterocycles. The molecule has 1 saturated carbocycles.